The van der Waals surface area contributed by atoms with Gasteiger partial charge in [0.1, 0.15) is 5.82 Å². The lowest BCUT2D eigenvalue weighted by Gasteiger charge is -2.43. The van der Waals surface area contributed by atoms with Crippen LogP contribution in [-0.4, -0.2) is 10.7 Å². The van der Waals surface area contributed by atoms with E-state index in [1.807, 2.05) is 25.3 Å². The van der Waals surface area contributed by atoms with Gasteiger partial charge in [-0.3, -0.25) is 19.8 Å². The van der Waals surface area contributed by atoms with Crippen LogP contribution < -0.4 is 10.6 Å². The Morgan fingerprint density at radius 3 is 2.66 bits per heavy atom. The number of hydrogen-bond acceptors (Lipinski definition) is 7. The second kappa shape index (κ2) is 8.03. The molecule has 2 heterocycles. The summed E-state index contributed by atoms with van der Waals surface area (Å²) in [5.74, 6) is -0.445. The number of Topliss-reactive ketones (excluding diaryl/α,β-unsaturated/α-hetero) is 1. The fourth-order valence-corrected chi connectivity index (χ4v) is 6.16. The van der Waals surface area contributed by atoms with E-state index in [0.717, 1.165) is 9.35 Å². The summed E-state index contributed by atoms with van der Waals surface area (Å²) >= 11 is 11.3. The third kappa shape index (κ3) is 3.72. The Kier molecular flexibility index (Phi) is 5.65. The molecule has 4 rings (SSSR count). The predicted octanol–water partition coefficient (Wildman–Crippen LogP) is 6.01. The van der Waals surface area contributed by atoms with Crippen molar-refractivity contribution in [2.45, 2.75) is 32.6 Å². The van der Waals surface area contributed by atoms with Crippen molar-refractivity contribution in [2.24, 2.45) is 11.1 Å². The summed E-state index contributed by atoms with van der Waals surface area (Å²) in [5, 5.41) is 23.2. The van der Waals surface area contributed by atoms with E-state index < -0.39 is 10.8 Å². The highest BCUT2D eigenvalue weighted by Gasteiger charge is 2.45. The number of allylic oxidation sites excluding steroid dienone is 3. The molecule has 7 nitrogen and oxygen atoms in total. The van der Waals surface area contributed by atoms with Crippen molar-refractivity contribution in [3.63, 3.8) is 0 Å². The maximum absolute atomic E-state index is 13.4. The van der Waals surface area contributed by atoms with Crippen molar-refractivity contribution >= 4 is 56.0 Å². The standard InChI is InChI=1S/C22H18BrClN4O3S/c1-22(2)7-16-20(17(29)8-22)19(18-5-11(23)10-32-18)13(9-25)21(26)27(16)15-4-3-12(28(30)31)6-14(15)24/h3-6,10,19H,7-8,26H2,1-2H3. The average molecular weight is 534 g/mol. The molecule has 0 fully saturated rings. The lowest BCUT2D eigenvalue weighted by atomic mass is 9.69. The molecule has 1 aromatic heterocycles. The number of nitrogens with zero attached hydrogens (tertiary/aromatic N) is 3. The zero-order valence-corrected chi connectivity index (χ0v) is 20.3. The van der Waals surface area contributed by atoms with E-state index in [9.17, 15) is 20.2 Å². The van der Waals surface area contributed by atoms with Crippen molar-refractivity contribution in [3.8, 4) is 6.07 Å². The minimum absolute atomic E-state index is 0.0472. The second-order valence-corrected chi connectivity index (χ2v) is 10.8. The summed E-state index contributed by atoms with van der Waals surface area (Å²) in [5.41, 5.74) is 7.91. The largest absolute Gasteiger partial charge is 0.384 e. The van der Waals surface area contributed by atoms with Crippen LogP contribution in [0.15, 0.2) is 56.8 Å². The molecule has 0 saturated heterocycles. The van der Waals surface area contributed by atoms with Crippen LogP contribution in [0.1, 0.15) is 37.5 Å². The van der Waals surface area contributed by atoms with Crippen LogP contribution in [0.5, 0.6) is 0 Å². The number of hydrogen-bond donors (Lipinski definition) is 1. The summed E-state index contributed by atoms with van der Waals surface area (Å²) in [6.45, 7) is 4.00. The minimum Gasteiger partial charge on any atom is -0.384 e. The number of nitro groups is 1. The number of nitriles is 1. The monoisotopic (exact) mass is 532 g/mol. The van der Waals surface area contributed by atoms with Crippen LogP contribution in [0, 0.1) is 26.9 Å². The molecule has 0 saturated carbocycles. The normalized spacial score (nSPS) is 20.3. The first-order valence-electron chi connectivity index (χ1n) is 9.68. The smallest absolute Gasteiger partial charge is 0.271 e. The molecule has 1 aromatic carbocycles. The molecule has 1 aliphatic carbocycles. The van der Waals surface area contributed by atoms with Crippen LogP contribution in [0.4, 0.5) is 11.4 Å². The molecule has 0 radical (unpaired) electrons. The van der Waals surface area contributed by atoms with Gasteiger partial charge in [0.15, 0.2) is 5.78 Å². The van der Waals surface area contributed by atoms with Crippen LogP contribution in [0.3, 0.4) is 0 Å². The van der Waals surface area contributed by atoms with Gasteiger partial charge in [-0.15, -0.1) is 11.3 Å². The molecule has 0 bridgehead atoms. The maximum Gasteiger partial charge on any atom is 0.271 e. The lowest BCUT2D eigenvalue weighted by Crippen LogP contribution is -2.42. The van der Waals surface area contributed by atoms with Gasteiger partial charge in [-0.1, -0.05) is 25.4 Å². The molecule has 0 spiro atoms. The molecule has 2 aliphatic rings. The van der Waals surface area contributed by atoms with E-state index in [1.165, 1.54) is 29.5 Å². The fourth-order valence-electron chi connectivity index (χ4n) is 4.34. The van der Waals surface area contributed by atoms with Crippen LogP contribution >= 0.6 is 38.9 Å². The highest BCUT2D eigenvalue weighted by atomic mass is 79.9. The molecule has 2 aromatic rings. The van der Waals surface area contributed by atoms with Gasteiger partial charge in [0.05, 0.1) is 33.2 Å². The molecular weight excluding hydrogens is 516 g/mol. The molecule has 32 heavy (non-hydrogen) atoms. The number of nitrogens with two attached hydrogens (primary N) is 1. The van der Waals surface area contributed by atoms with Crippen LogP contribution in [0.25, 0.3) is 0 Å². The van der Waals surface area contributed by atoms with Gasteiger partial charge >= 0.3 is 0 Å². The van der Waals surface area contributed by atoms with Gasteiger partial charge in [-0.2, -0.15) is 5.26 Å². The zero-order valence-electron chi connectivity index (χ0n) is 17.2. The number of benzene rings is 1. The number of ketones is 1. The third-order valence-corrected chi connectivity index (χ3v) is 7.70. The van der Waals surface area contributed by atoms with Crippen molar-refractivity contribution < 1.29 is 9.72 Å². The maximum atomic E-state index is 13.4. The van der Waals surface area contributed by atoms with Gasteiger partial charge in [0.2, 0.25) is 0 Å². The quantitative estimate of drug-likeness (QED) is 0.382. The SMILES string of the molecule is CC1(C)CC(=O)C2=C(C1)N(c1ccc([N+](=O)[O-])cc1Cl)C(N)=C(C#N)C2c1cc(Br)cs1. The Morgan fingerprint density at radius 1 is 1.38 bits per heavy atom. The third-order valence-electron chi connectivity index (χ3n) is 5.64. The van der Waals surface area contributed by atoms with Crippen LogP contribution in [-0.2, 0) is 4.79 Å². The number of carbonyl (C=O) groups is 1. The highest BCUT2D eigenvalue weighted by Crippen LogP contribution is 2.52. The molecule has 2 N–H and O–H groups in total. The van der Waals surface area contributed by atoms with E-state index in [2.05, 4.69) is 22.0 Å². The Labute approximate surface area is 202 Å². The summed E-state index contributed by atoms with van der Waals surface area (Å²) in [6, 6.07) is 8.17. The van der Waals surface area contributed by atoms with Crippen molar-refractivity contribution in [1.82, 2.24) is 0 Å². The minimum atomic E-state index is -0.567. The topological polar surface area (TPSA) is 113 Å². The first-order chi connectivity index (χ1) is 15.0. The van der Waals surface area contributed by atoms with Gasteiger partial charge < -0.3 is 5.73 Å². The summed E-state index contributed by atoms with van der Waals surface area (Å²) in [4.78, 5) is 26.5. The number of nitro benzene ring substituents is 1. The number of thiophene rings is 1. The van der Waals surface area contributed by atoms with Gasteiger partial charge in [0.25, 0.3) is 5.69 Å². The van der Waals surface area contributed by atoms with Crippen LogP contribution in [0.2, 0.25) is 5.02 Å². The Hall–Kier alpha value is -2.67. The van der Waals surface area contributed by atoms with E-state index in [1.54, 1.807) is 4.90 Å². The predicted molar refractivity (Wildman–Crippen MR) is 127 cm³/mol. The van der Waals surface area contributed by atoms with Gasteiger partial charge in [-0.05, 0) is 39.9 Å². The highest BCUT2D eigenvalue weighted by molar-refractivity contribution is 9.10. The number of anilines is 1. The second-order valence-electron chi connectivity index (χ2n) is 8.54. The average Bonchev–Trinajstić information content (AvgIpc) is 3.12. The van der Waals surface area contributed by atoms with E-state index in [-0.39, 0.29) is 33.3 Å². The van der Waals surface area contributed by atoms with E-state index in [0.29, 0.717) is 29.8 Å². The lowest BCUT2D eigenvalue weighted by molar-refractivity contribution is -0.384. The Bertz CT molecular complexity index is 1270. The first kappa shape index (κ1) is 22.5. The number of halogens is 2. The summed E-state index contributed by atoms with van der Waals surface area (Å²) < 4.78 is 0.861. The molecule has 0 amide bonds. The summed E-state index contributed by atoms with van der Waals surface area (Å²) in [7, 11) is 0. The molecular formula is C22H18BrClN4O3S. The van der Waals surface area contributed by atoms with Gasteiger partial charge in [0, 0.05) is 44.6 Å². The van der Waals surface area contributed by atoms with Crippen molar-refractivity contribution in [1.29, 1.82) is 5.26 Å². The van der Waals surface area contributed by atoms with Gasteiger partial charge in [-0.25, -0.2) is 0 Å². The summed E-state index contributed by atoms with van der Waals surface area (Å²) in [6.07, 6.45) is 0.874. The van der Waals surface area contributed by atoms with Crippen molar-refractivity contribution in [2.75, 3.05) is 4.90 Å². The zero-order chi connectivity index (χ0) is 23.4. The number of carbonyl (C=O) groups excluding carboxylic acids is 1. The Morgan fingerprint density at radius 2 is 2.09 bits per heavy atom. The number of rotatable bonds is 3. The molecule has 1 atom stereocenters. The van der Waals surface area contributed by atoms with E-state index in [4.69, 9.17) is 17.3 Å². The molecule has 1 unspecified atom stereocenters. The number of non-ortho nitro benzene ring substituents is 1. The molecule has 164 valence electrons. The van der Waals surface area contributed by atoms with E-state index >= 15 is 0 Å². The molecule has 1 aliphatic heterocycles. The molecule has 10 heteroatoms. The Balaban J connectivity index is 1.99. The fraction of sp³-hybridized carbons (Fsp3) is 0.273. The van der Waals surface area contributed by atoms with Crippen molar-refractivity contribution in [3.05, 3.63) is 76.8 Å². The first-order valence-corrected chi connectivity index (χ1v) is 11.7.